The summed E-state index contributed by atoms with van der Waals surface area (Å²) in [6.07, 6.45) is 46.8. The van der Waals surface area contributed by atoms with E-state index in [0.29, 0.717) is 50.9 Å². The summed E-state index contributed by atoms with van der Waals surface area (Å²) >= 11 is 0. The van der Waals surface area contributed by atoms with Gasteiger partial charge in [-0.3, -0.25) is 14.4 Å². The van der Waals surface area contributed by atoms with Gasteiger partial charge in [0.05, 0.1) is 13.2 Å². The molecule has 0 saturated carbocycles. The van der Waals surface area contributed by atoms with E-state index in [0.717, 1.165) is 84.1 Å². The minimum Gasteiger partial charge on any atom is -0.465 e. The summed E-state index contributed by atoms with van der Waals surface area (Å²) in [4.78, 5) is 43.1. The molecule has 1 N–H and O–H groups in total. The molecule has 0 aromatic heterocycles. The minimum absolute atomic E-state index is 0.0201. The molecule has 0 bridgehead atoms. The summed E-state index contributed by atoms with van der Waals surface area (Å²) in [5.41, 5.74) is 0. The third-order valence-electron chi connectivity index (χ3n) is 14.2. The smallest absolute Gasteiger partial charge is 0.305 e. The third-order valence-corrected chi connectivity index (χ3v) is 14.2. The first-order valence-corrected chi connectivity index (χ1v) is 29.8. The van der Waals surface area contributed by atoms with Crippen LogP contribution < -0.4 is 5.32 Å². The Balaban J connectivity index is 4.91. The summed E-state index contributed by atoms with van der Waals surface area (Å²) in [6.45, 7) is 18.0. The number of hydrogen-bond donors (Lipinski definition) is 1. The van der Waals surface area contributed by atoms with Gasteiger partial charge >= 0.3 is 11.9 Å². The Labute approximate surface area is 418 Å². The van der Waals surface area contributed by atoms with Gasteiger partial charge in [-0.1, -0.05) is 214 Å². The van der Waals surface area contributed by atoms with Crippen LogP contribution in [0, 0.1) is 11.8 Å². The Morgan fingerprint density at radius 2 is 0.701 bits per heavy atom. The van der Waals surface area contributed by atoms with E-state index in [2.05, 4.69) is 56.8 Å². The van der Waals surface area contributed by atoms with Crippen LogP contribution >= 0.6 is 0 Å². The number of nitrogens with one attached hydrogen (secondary N) is 1. The van der Waals surface area contributed by atoms with E-state index in [1.807, 2.05) is 0 Å². The van der Waals surface area contributed by atoms with Gasteiger partial charge < -0.3 is 24.6 Å². The zero-order chi connectivity index (χ0) is 49.1. The molecule has 1 amide bonds. The molecule has 0 radical (unpaired) electrons. The van der Waals surface area contributed by atoms with Crippen molar-refractivity contribution >= 4 is 17.8 Å². The van der Waals surface area contributed by atoms with E-state index in [1.165, 1.54) is 186 Å². The van der Waals surface area contributed by atoms with Gasteiger partial charge in [-0.25, -0.2) is 0 Å². The van der Waals surface area contributed by atoms with Crippen molar-refractivity contribution in [3.8, 4) is 0 Å². The van der Waals surface area contributed by atoms with E-state index in [1.54, 1.807) is 0 Å². The zero-order valence-electron chi connectivity index (χ0n) is 46.0. The van der Waals surface area contributed by atoms with Crippen molar-refractivity contribution in [1.82, 2.24) is 15.1 Å². The normalized spacial score (nSPS) is 12.5. The Kier molecular flexibility index (Phi) is 50.9. The van der Waals surface area contributed by atoms with Crippen molar-refractivity contribution in [2.75, 3.05) is 59.5 Å². The van der Waals surface area contributed by atoms with Crippen LogP contribution in [-0.2, 0) is 23.9 Å². The van der Waals surface area contributed by atoms with Crippen LogP contribution in [0.2, 0.25) is 0 Å². The highest BCUT2D eigenvalue weighted by atomic mass is 16.5. The van der Waals surface area contributed by atoms with Gasteiger partial charge in [-0.15, -0.1) is 0 Å². The number of carbonyl (C=O) groups is 3. The zero-order valence-corrected chi connectivity index (χ0v) is 46.0. The average Bonchev–Trinajstić information content (AvgIpc) is 3.32. The highest BCUT2D eigenvalue weighted by Gasteiger charge is 2.15. The van der Waals surface area contributed by atoms with E-state index in [4.69, 9.17) is 9.47 Å². The molecular weight excluding hydrogens is 831 g/mol. The van der Waals surface area contributed by atoms with Gasteiger partial charge in [-0.2, -0.15) is 0 Å². The number of amides is 1. The highest BCUT2D eigenvalue weighted by Crippen LogP contribution is 2.22. The lowest BCUT2D eigenvalue weighted by Gasteiger charge is -2.26. The van der Waals surface area contributed by atoms with Crippen molar-refractivity contribution < 1.29 is 23.9 Å². The first-order valence-electron chi connectivity index (χ1n) is 29.8. The van der Waals surface area contributed by atoms with E-state index >= 15 is 0 Å². The third kappa shape index (κ3) is 47.8. The van der Waals surface area contributed by atoms with Crippen LogP contribution in [0.1, 0.15) is 291 Å². The molecule has 0 aliphatic heterocycles. The van der Waals surface area contributed by atoms with Gasteiger partial charge in [0.25, 0.3) is 0 Å². The predicted octanol–water partition coefficient (Wildman–Crippen LogP) is 16.4. The van der Waals surface area contributed by atoms with Crippen molar-refractivity contribution in [1.29, 1.82) is 0 Å². The molecule has 0 heterocycles. The molecule has 8 heteroatoms. The molecule has 2 atom stereocenters. The Hall–Kier alpha value is -1.67. The number of ether oxygens (including phenoxy) is 2. The molecule has 2 unspecified atom stereocenters. The summed E-state index contributed by atoms with van der Waals surface area (Å²) < 4.78 is 11.8. The molecule has 0 fully saturated rings. The van der Waals surface area contributed by atoms with E-state index in [-0.39, 0.29) is 17.8 Å². The quantitative estimate of drug-likeness (QED) is 0.0480. The second-order valence-corrected chi connectivity index (χ2v) is 20.9. The maximum absolute atomic E-state index is 12.9. The highest BCUT2D eigenvalue weighted by molar-refractivity contribution is 5.75. The van der Waals surface area contributed by atoms with Crippen molar-refractivity contribution in [3.63, 3.8) is 0 Å². The molecule has 0 aliphatic rings. The summed E-state index contributed by atoms with van der Waals surface area (Å²) in [5.74, 6) is 1.16. The van der Waals surface area contributed by atoms with Gasteiger partial charge in [0, 0.05) is 45.4 Å². The lowest BCUT2D eigenvalue weighted by molar-refractivity contribution is -0.146. The van der Waals surface area contributed by atoms with Gasteiger partial charge in [0.1, 0.15) is 0 Å². The molecule has 0 rings (SSSR count). The van der Waals surface area contributed by atoms with Crippen molar-refractivity contribution in [2.45, 2.75) is 291 Å². The van der Waals surface area contributed by atoms with Crippen LogP contribution in [0.15, 0.2) is 0 Å². The van der Waals surface area contributed by atoms with E-state index in [9.17, 15) is 14.4 Å². The monoisotopic (exact) mass is 948 g/mol. The molecule has 0 aromatic rings. The Morgan fingerprint density at radius 3 is 1.10 bits per heavy atom. The topological polar surface area (TPSA) is 88.2 Å². The molecule has 8 nitrogen and oxygen atoms in total. The van der Waals surface area contributed by atoms with Crippen molar-refractivity contribution in [2.24, 2.45) is 11.8 Å². The number of esters is 2. The lowest BCUT2D eigenvalue weighted by atomic mass is 9.95. The SMILES string of the molecule is CCCCCCCCCC(=O)NCCN(C)CCN(CCCCCC(=O)OCC(CCCCCC)CCCCCCCC)CCCCCC(=O)OCC(CCCCCC)CCCCCCCC. The molecule has 0 aromatic carbocycles. The molecule has 0 saturated heterocycles. The number of likely N-dealkylation sites (N-methyl/N-ethyl adjacent to an activating group) is 1. The molecular formula is C59H117N3O5. The first-order chi connectivity index (χ1) is 32.8. The maximum atomic E-state index is 12.9. The van der Waals surface area contributed by atoms with E-state index < -0.39 is 0 Å². The van der Waals surface area contributed by atoms with Crippen LogP contribution in [0.3, 0.4) is 0 Å². The van der Waals surface area contributed by atoms with Crippen LogP contribution in [0.5, 0.6) is 0 Å². The molecule has 0 spiro atoms. The summed E-state index contributed by atoms with van der Waals surface area (Å²) in [6, 6.07) is 0. The van der Waals surface area contributed by atoms with Crippen LogP contribution in [0.25, 0.3) is 0 Å². The fourth-order valence-electron chi connectivity index (χ4n) is 9.37. The number of hydrogen-bond acceptors (Lipinski definition) is 7. The molecule has 67 heavy (non-hydrogen) atoms. The first kappa shape index (κ1) is 65.3. The average molecular weight is 949 g/mol. The number of nitrogens with zero attached hydrogens (tertiary/aromatic N) is 2. The second kappa shape index (κ2) is 52.2. The van der Waals surface area contributed by atoms with Gasteiger partial charge in [0.15, 0.2) is 0 Å². The fraction of sp³-hybridized carbons (Fsp3) is 0.949. The fourth-order valence-corrected chi connectivity index (χ4v) is 9.37. The Bertz CT molecular complexity index is 1000. The molecule has 0 aliphatic carbocycles. The minimum atomic E-state index is -0.0201. The number of rotatable bonds is 54. The van der Waals surface area contributed by atoms with Crippen LogP contribution in [-0.4, -0.2) is 87.2 Å². The standard InChI is InChI=1S/C59H117N3O5/c1-7-12-17-22-25-28-35-44-57(63)60-47-50-61(6)51-52-62(48-38-29-36-45-58(64)66-53-55(40-31-20-15-10-4)42-33-26-23-18-13-8-2)49-39-30-37-46-59(65)67-54-56(41-32-21-16-11-5)43-34-27-24-19-14-9-3/h55-56H,7-54H2,1-6H3,(H,60,63). The van der Waals surface area contributed by atoms with Crippen LogP contribution in [0.4, 0.5) is 0 Å². The summed E-state index contributed by atoms with van der Waals surface area (Å²) in [5, 5.41) is 3.15. The van der Waals surface area contributed by atoms with Gasteiger partial charge in [-0.05, 0) is 89.8 Å². The second-order valence-electron chi connectivity index (χ2n) is 20.9. The summed E-state index contributed by atoms with van der Waals surface area (Å²) in [7, 11) is 2.16. The lowest BCUT2D eigenvalue weighted by Crippen LogP contribution is -2.38. The predicted molar refractivity (Wildman–Crippen MR) is 289 cm³/mol. The number of carbonyl (C=O) groups excluding carboxylic acids is 3. The Morgan fingerprint density at radius 1 is 0.373 bits per heavy atom. The largest absolute Gasteiger partial charge is 0.465 e. The maximum Gasteiger partial charge on any atom is 0.305 e. The number of unbranched alkanes of at least 4 members (excludes halogenated alkanes) is 26. The van der Waals surface area contributed by atoms with Crippen molar-refractivity contribution in [3.05, 3.63) is 0 Å². The molecule has 398 valence electrons. The van der Waals surface area contributed by atoms with Gasteiger partial charge in [0.2, 0.25) is 5.91 Å².